The molecular formula is C10H11N5OS. The molecule has 1 N–H and O–H groups in total. The zero-order chi connectivity index (χ0) is 11.7. The lowest BCUT2D eigenvalue weighted by atomic mass is 10.1. The van der Waals surface area contributed by atoms with Crippen molar-refractivity contribution < 1.29 is 4.79 Å². The monoisotopic (exact) mass is 249 g/mol. The third-order valence-electron chi connectivity index (χ3n) is 2.86. The third kappa shape index (κ3) is 2.05. The molecule has 3 heterocycles. The van der Waals surface area contributed by atoms with Crippen molar-refractivity contribution in [2.45, 2.75) is 25.4 Å². The van der Waals surface area contributed by atoms with E-state index in [4.69, 9.17) is 0 Å². The number of carbonyl (C=O) groups excluding carboxylic acids is 1. The van der Waals surface area contributed by atoms with Crippen molar-refractivity contribution in [2.24, 2.45) is 0 Å². The minimum Gasteiger partial charge on any atom is -0.347 e. The molecule has 0 bridgehead atoms. The number of carbonyl (C=O) groups is 1. The van der Waals surface area contributed by atoms with Gasteiger partial charge in [-0.1, -0.05) is 4.49 Å². The molecule has 0 aromatic carbocycles. The van der Waals surface area contributed by atoms with Gasteiger partial charge in [0.15, 0.2) is 0 Å². The lowest BCUT2D eigenvalue weighted by molar-refractivity contribution is 0.0931. The fourth-order valence-electron chi connectivity index (χ4n) is 2.01. The van der Waals surface area contributed by atoms with E-state index in [9.17, 15) is 4.79 Å². The largest absolute Gasteiger partial charge is 0.347 e. The number of hydrogen-bond donors (Lipinski definition) is 1. The van der Waals surface area contributed by atoms with Gasteiger partial charge in [-0.2, -0.15) is 0 Å². The molecule has 0 saturated carbocycles. The standard InChI is InChI=1S/C10H11N5OS/c16-10(8-5-12-14-17-8)13-7-1-2-9-11-3-4-15(9)6-7/h3-5,7H,1-2,6H2,(H,13,16). The molecule has 2 aromatic rings. The molecule has 1 unspecified atom stereocenters. The molecule has 88 valence electrons. The molecule has 0 saturated heterocycles. The number of hydrogen-bond acceptors (Lipinski definition) is 5. The number of amides is 1. The minimum atomic E-state index is -0.0893. The maximum Gasteiger partial charge on any atom is 0.264 e. The van der Waals surface area contributed by atoms with Crippen molar-refractivity contribution in [3.8, 4) is 0 Å². The summed E-state index contributed by atoms with van der Waals surface area (Å²) in [5.74, 6) is 1.00. The molecule has 0 fully saturated rings. The summed E-state index contributed by atoms with van der Waals surface area (Å²) >= 11 is 1.11. The van der Waals surface area contributed by atoms with Gasteiger partial charge in [0, 0.05) is 31.4 Å². The van der Waals surface area contributed by atoms with Gasteiger partial charge in [0.25, 0.3) is 5.91 Å². The maximum atomic E-state index is 11.8. The van der Waals surface area contributed by atoms with Crippen LogP contribution in [0.3, 0.4) is 0 Å². The molecule has 3 rings (SSSR count). The molecule has 0 aliphatic carbocycles. The van der Waals surface area contributed by atoms with Crippen LogP contribution in [0.15, 0.2) is 18.6 Å². The Kier molecular flexibility index (Phi) is 2.60. The number of nitrogens with one attached hydrogen (secondary N) is 1. The van der Waals surface area contributed by atoms with Crippen molar-refractivity contribution >= 4 is 17.4 Å². The van der Waals surface area contributed by atoms with Crippen LogP contribution in [0, 0.1) is 0 Å². The van der Waals surface area contributed by atoms with Gasteiger partial charge in [-0.05, 0) is 18.0 Å². The van der Waals surface area contributed by atoms with Crippen LogP contribution in [0.5, 0.6) is 0 Å². The van der Waals surface area contributed by atoms with Gasteiger partial charge in [0.2, 0.25) is 0 Å². The van der Waals surface area contributed by atoms with Gasteiger partial charge in [-0.25, -0.2) is 4.98 Å². The molecule has 17 heavy (non-hydrogen) atoms. The van der Waals surface area contributed by atoms with E-state index in [1.807, 2.05) is 6.20 Å². The van der Waals surface area contributed by atoms with Crippen molar-refractivity contribution in [3.05, 3.63) is 29.3 Å². The zero-order valence-electron chi connectivity index (χ0n) is 9.04. The van der Waals surface area contributed by atoms with Gasteiger partial charge in [0.1, 0.15) is 10.7 Å². The molecular weight excluding hydrogens is 238 g/mol. The molecule has 0 radical (unpaired) electrons. The Labute approximate surface area is 102 Å². The van der Waals surface area contributed by atoms with Crippen LogP contribution >= 0.6 is 11.5 Å². The predicted molar refractivity (Wildman–Crippen MR) is 61.7 cm³/mol. The Morgan fingerprint density at radius 2 is 2.53 bits per heavy atom. The van der Waals surface area contributed by atoms with Crippen LogP contribution in [0.25, 0.3) is 0 Å². The van der Waals surface area contributed by atoms with Crippen molar-refractivity contribution in [2.75, 3.05) is 0 Å². The van der Waals surface area contributed by atoms with E-state index in [0.717, 1.165) is 36.7 Å². The Bertz CT molecular complexity index is 521. The highest BCUT2D eigenvalue weighted by Gasteiger charge is 2.21. The smallest absolute Gasteiger partial charge is 0.264 e. The van der Waals surface area contributed by atoms with E-state index in [1.165, 1.54) is 6.20 Å². The van der Waals surface area contributed by atoms with Crippen LogP contribution in [-0.4, -0.2) is 31.1 Å². The number of aromatic nitrogens is 4. The molecule has 1 aliphatic rings. The van der Waals surface area contributed by atoms with Crippen molar-refractivity contribution in [3.63, 3.8) is 0 Å². The van der Waals surface area contributed by atoms with Gasteiger partial charge < -0.3 is 9.88 Å². The van der Waals surface area contributed by atoms with Gasteiger partial charge in [-0.3, -0.25) is 4.79 Å². The van der Waals surface area contributed by atoms with Crippen LogP contribution in [0.4, 0.5) is 0 Å². The summed E-state index contributed by atoms with van der Waals surface area (Å²) in [7, 11) is 0. The van der Waals surface area contributed by atoms with E-state index in [-0.39, 0.29) is 11.9 Å². The summed E-state index contributed by atoms with van der Waals surface area (Å²) < 4.78 is 5.76. The highest BCUT2D eigenvalue weighted by Crippen LogP contribution is 2.13. The van der Waals surface area contributed by atoms with E-state index in [0.29, 0.717) is 4.88 Å². The molecule has 6 nitrogen and oxygen atoms in total. The molecule has 7 heteroatoms. The summed E-state index contributed by atoms with van der Waals surface area (Å²) in [5, 5.41) is 6.65. The summed E-state index contributed by atoms with van der Waals surface area (Å²) in [6, 6.07) is 0.159. The SMILES string of the molecule is O=C(NC1CCc2nccn2C1)c1cnns1. The molecule has 1 amide bonds. The summed E-state index contributed by atoms with van der Waals surface area (Å²) in [6.45, 7) is 0.785. The number of fused-ring (bicyclic) bond motifs is 1. The normalized spacial score (nSPS) is 18.7. The average Bonchev–Trinajstić information content (AvgIpc) is 2.99. The number of aryl methyl sites for hydroxylation is 1. The molecule has 1 aliphatic heterocycles. The van der Waals surface area contributed by atoms with Gasteiger partial charge >= 0.3 is 0 Å². The first-order chi connectivity index (χ1) is 8.33. The second-order valence-electron chi connectivity index (χ2n) is 3.99. The molecule has 1 atom stereocenters. The van der Waals surface area contributed by atoms with E-state index >= 15 is 0 Å². The van der Waals surface area contributed by atoms with Crippen LogP contribution in [-0.2, 0) is 13.0 Å². The minimum absolute atomic E-state index is 0.0893. The summed E-state index contributed by atoms with van der Waals surface area (Å²) in [4.78, 5) is 16.6. The summed E-state index contributed by atoms with van der Waals surface area (Å²) in [6.07, 6.45) is 7.06. The number of imidazole rings is 1. The quantitative estimate of drug-likeness (QED) is 0.840. The second-order valence-corrected chi connectivity index (χ2v) is 4.77. The Morgan fingerprint density at radius 3 is 3.35 bits per heavy atom. The fourth-order valence-corrected chi connectivity index (χ4v) is 2.43. The third-order valence-corrected chi connectivity index (χ3v) is 3.52. The van der Waals surface area contributed by atoms with Gasteiger partial charge in [0.05, 0.1) is 6.20 Å². The highest BCUT2D eigenvalue weighted by molar-refractivity contribution is 7.07. The van der Waals surface area contributed by atoms with Crippen molar-refractivity contribution in [1.82, 2.24) is 24.5 Å². The van der Waals surface area contributed by atoms with E-state index < -0.39 is 0 Å². The Hall–Kier alpha value is -1.76. The number of nitrogens with zero attached hydrogens (tertiary/aromatic N) is 4. The van der Waals surface area contributed by atoms with E-state index in [1.54, 1.807) is 6.20 Å². The highest BCUT2D eigenvalue weighted by atomic mass is 32.1. The Balaban J connectivity index is 1.66. The van der Waals surface area contributed by atoms with Crippen molar-refractivity contribution in [1.29, 1.82) is 0 Å². The maximum absolute atomic E-state index is 11.8. The topological polar surface area (TPSA) is 72.7 Å². The number of rotatable bonds is 2. The second kappa shape index (κ2) is 4.25. The molecule has 2 aromatic heterocycles. The molecule has 0 spiro atoms. The van der Waals surface area contributed by atoms with Crippen LogP contribution < -0.4 is 5.32 Å². The predicted octanol–water partition coefficient (Wildman–Crippen LogP) is 0.479. The fraction of sp³-hybridized carbons (Fsp3) is 0.400. The summed E-state index contributed by atoms with van der Waals surface area (Å²) in [5.41, 5.74) is 0. The first kappa shape index (κ1) is 10.4. The first-order valence-corrected chi connectivity index (χ1v) is 6.18. The Morgan fingerprint density at radius 1 is 1.59 bits per heavy atom. The van der Waals surface area contributed by atoms with Crippen LogP contribution in [0.1, 0.15) is 21.9 Å². The first-order valence-electron chi connectivity index (χ1n) is 5.41. The average molecular weight is 249 g/mol. The van der Waals surface area contributed by atoms with E-state index in [2.05, 4.69) is 24.5 Å². The lowest BCUT2D eigenvalue weighted by Gasteiger charge is -2.24. The van der Waals surface area contributed by atoms with Gasteiger partial charge in [-0.15, -0.1) is 5.10 Å². The zero-order valence-corrected chi connectivity index (χ0v) is 9.85. The van der Waals surface area contributed by atoms with Crippen LogP contribution in [0.2, 0.25) is 0 Å². The lowest BCUT2D eigenvalue weighted by Crippen LogP contribution is -2.40.